The Bertz CT molecular complexity index is 581. The zero-order valence-electron chi connectivity index (χ0n) is 10.6. The minimum Gasteiger partial charge on any atom is -0.550 e. The van der Waals surface area contributed by atoms with E-state index in [1.807, 2.05) is 12.2 Å². The first kappa shape index (κ1) is 12.8. The van der Waals surface area contributed by atoms with E-state index in [4.69, 9.17) is 0 Å². The van der Waals surface area contributed by atoms with Crippen molar-refractivity contribution in [3.8, 4) is 0 Å². The molecular weight excluding hydrogens is 261 g/mol. The number of carbonyl (C=O) groups excluding carboxylic acids is 2. The molecule has 0 heterocycles. The molecule has 0 saturated heterocycles. The summed E-state index contributed by atoms with van der Waals surface area (Å²) in [5, 5.41) is 13.9. The lowest BCUT2D eigenvalue weighted by Crippen LogP contribution is -2.42. The first-order valence-corrected chi connectivity index (χ1v) is 6.52. The van der Waals surface area contributed by atoms with E-state index in [2.05, 4.69) is 5.32 Å². The van der Waals surface area contributed by atoms with Crippen molar-refractivity contribution in [2.24, 2.45) is 23.7 Å². The SMILES string of the molecule is O=C([O-])[C@@H]1[C@H](C(=O)Nc2ccc(F)cc2)[C@@H]2C=C[C@@H]1C2. The van der Waals surface area contributed by atoms with Gasteiger partial charge in [-0.2, -0.15) is 0 Å². The average Bonchev–Trinajstić information content (AvgIpc) is 3.01. The normalized spacial score (nSPS) is 30.4. The maximum Gasteiger partial charge on any atom is 0.228 e. The van der Waals surface area contributed by atoms with Gasteiger partial charge in [0, 0.05) is 17.6 Å². The molecule has 0 unspecified atom stereocenters. The highest BCUT2D eigenvalue weighted by Gasteiger charge is 2.48. The van der Waals surface area contributed by atoms with Crippen molar-refractivity contribution in [3.63, 3.8) is 0 Å². The highest BCUT2D eigenvalue weighted by atomic mass is 19.1. The molecule has 104 valence electrons. The number of allylic oxidation sites excluding steroid dienone is 2. The standard InChI is InChI=1S/C15H14FNO3/c16-10-3-5-11(6-4-10)17-14(18)12-8-1-2-9(7-8)13(12)15(19)20/h1-6,8-9,12-13H,7H2,(H,17,18)(H,19,20)/p-1/t8-,9-,12-,13+/m1/s1. The number of hydrogen-bond acceptors (Lipinski definition) is 3. The first-order chi connectivity index (χ1) is 9.56. The van der Waals surface area contributed by atoms with Gasteiger partial charge in [-0.1, -0.05) is 12.2 Å². The van der Waals surface area contributed by atoms with Gasteiger partial charge < -0.3 is 15.2 Å². The molecule has 0 spiro atoms. The van der Waals surface area contributed by atoms with Crippen LogP contribution < -0.4 is 10.4 Å². The van der Waals surface area contributed by atoms with Crippen LogP contribution in [0.5, 0.6) is 0 Å². The molecule has 3 rings (SSSR count). The fraction of sp³-hybridized carbons (Fsp3) is 0.333. The summed E-state index contributed by atoms with van der Waals surface area (Å²) in [6.45, 7) is 0. The van der Waals surface area contributed by atoms with Gasteiger partial charge in [-0.15, -0.1) is 0 Å². The van der Waals surface area contributed by atoms with Gasteiger partial charge in [0.05, 0.1) is 5.92 Å². The molecule has 0 aliphatic heterocycles. The molecule has 1 N–H and O–H groups in total. The Balaban J connectivity index is 1.78. The second kappa shape index (κ2) is 4.74. The topological polar surface area (TPSA) is 69.2 Å². The second-order valence-corrected chi connectivity index (χ2v) is 5.32. The van der Waals surface area contributed by atoms with Crippen molar-refractivity contribution in [2.45, 2.75) is 6.42 Å². The summed E-state index contributed by atoms with van der Waals surface area (Å²) in [6, 6.07) is 5.38. The van der Waals surface area contributed by atoms with Crippen LogP contribution in [0.1, 0.15) is 6.42 Å². The molecule has 20 heavy (non-hydrogen) atoms. The summed E-state index contributed by atoms with van der Waals surface area (Å²) < 4.78 is 12.8. The summed E-state index contributed by atoms with van der Waals surface area (Å²) in [7, 11) is 0. The molecule has 0 radical (unpaired) electrons. The number of rotatable bonds is 3. The van der Waals surface area contributed by atoms with Crippen LogP contribution in [0.3, 0.4) is 0 Å². The number of carboxylic acid groups (broad SMARTS) is 1. The maximum absolute atomic E-state index is 12.8. The van der Waals surface area contributed by atoms with E-state index in [0.717, 1.165) is 0 Å². The van der Waals surface area contributed by atoms with Crippen LogP contribution in [0.15, 0.2) is 36.4 Å². The Labute approximate surface area is 115 Å². The lowest BCUT2D eigenvalue weighted by atomic mass is 9.82. The van der Waals surface area contributed by atoms with Crippen LogP contribution in [-0.4, -0.2) is 11.9 Å². The second-order valence-electron chi connectivity index (χ2n) is 5.32. The van der Waals surface area contributed by atoms with E-state index in [1.54, 1.807) is 0 Å². The summed E-state index contributed by atoms with van der Waals surface area (Å²) in [6.07, 6.45) is 4.44. The van der Waals surface area contributed by atoms with Gasteiger partial charge in [0.1, 0.15) is 5.82 Å². The lowest BCUT2D eigenvalue weighted by Gasteiger charge is -2.27. The molecule has 2 bridgehead atoms. The largest absolute Gasteiger partial charge is 0.550 e. The predicted octanol–water partition coefficient (Wildman–Crippen LogP) is 0.952. The van der Waals surface area contributed by atoms with Crippen molar-refractivity contribution < 1.29 is 19.1 Å². The Morgan fingerprint density at radius 3 is 2.30 bits per heavy atom. The van der Waals surface area contributed by atoms with Crippen molar-refractivity contribution in [2.75, 3.05) is 5.32 Å². The Kier molecular flexibility index (Phi) is 3.04. The van der Waals surface area contributed by atoms with Crippen molar-refractivity contribution in [3.05, 3.63) is 42.2 Å². The van der Waals surface area contributed by atoms with Gasteiger partial charge in [0.25, 0.3) is 0 Å². The van der Waals surface area contributed by atoms with Crippen LogP contribution >= 0.6 is 0 Å². The molecule has 4 nitrogen and oxygen atoms in total. The van der Waals surface area contributed by atoms with E-state index in [-0.39, 0.29) is 17.7 Å². The number of anilines is 1. The number of amides is 1. The maximum atomic E-state index is 12.8. The highest BCUT2D eigenvalue weighted by molar-refractivity contribution is 5.96. The number of hydrogen-bond donors (Lipinski definition) is 1. The number of carbonyl (C=O) groups is 2. The van der Waals surface area contributed by atoms with Crippen LogP contribution in [0.25, 0.3) is 0 Å². The van der Waals surface area contributed by atoms with Gasteiger partial charge in [0.2, 0.25) is 5.91 Å². The fourth-order valence-electron chi connectivity index (χ4n) is 3.26. The van der Waals surface area contributed by atoms with Gasteiger partial charge >= 0.3 is 0 Å². The summed E-state index contributed by atoms with van der Waals surface area (Å²) >= 11 is 0. The molecule has 5 heteroatoms. The number of nitrogens with one attached hydrogen (secondary N) is 1. The van der Waals surface area contributed by atoms with E-state index >= 15 is 0 Å². The predicted molar refractivity (Wildman–Crippen MR) is 67.8 cm³/mol. The minimum atomic E-state index is -1.18. The highest BCUT2D eigenvalue weighted by Crippen LogP contribution is 2.48. The third-order valence-corrected chi connectivity index (χ3v) is 4.15. The van der Waals surface area contributed by atoms with E-state index in [0.29, 0.717) is 12.1 Å². The monoisotopic (exact) mass is 274 g/mol. The van der Waals surface area contributed by atoms with E-state index in [9.17, 15) is 19.1 Å². The molecule has 2 aliphatic rings. The lowest BCUT2D eigenvalue weighted by molar-refractivity contribution is -0.313. The van der Waals surface area contributed by atoms with Crippen molar-refractivity contribution in [1.29, 1.82) is 0 Å². The van der Waals surface area contributed by atoms with Gasteiger partial charge in [-0.3, -0.25) is 4.79 Å². The zero-order valence-corrected chi connectivity index (χ0v) is 10.6. The quantitative estimate of drug-likeness (QED) is 0.834. The van der Waals surface area contributed by atoms with Crippen molar-refractivity contribution in [1.82, 2.24) is 0 Å². The molecule has 1 fully saturated rings. The van der Waals surface area contributed by atoms with Gasteiger partial charge in [-0.05, 0) is 42.5 Å². The number of benzene rings is 1. The number of fused-ring (bicyclic) bond motifs is 2. The molecular formula is C15H13FNO3-. The minimum absolute atomic E-state index is 0.0525. The number of carboxylic acids is 1. The van der Waals surface area contributed by atoms with Gasteiger partial charge in [-0.25, -0.2) is 4.39 Å². The Morgan fingerprint density at radius 2 is 1.70 bits per heavy atom. The van der Waals surface area contributed by atoms with Crippen LogP contribution in [-0.2, 0) is 9.59 Å². The smallest absolute Gasteiger partial charge is 0.228 e. The van der Waals surface area contributed by atoms with Crippen LogP contribution in [0.2, 0.25) is 0 Å². The molecule has 1 amide bonds. The molecule has 1 aromatic carbocycles. The van der Waals surface area contributed by atoms with Crippen molar-refractivity contribution >= 4 is 17.6 Å². The summed E-state index contributed by atoms with van der Waals surface area (Å²) in [5.41, 5.74) is 0.459. The van der Waals surface area contributed by atoms with Gasteiger partial charge in [0.15, 0.2) is 0 Å². The number of halogens is 1. The third-order valence-electron chi connectivity index (χ3n) is 4.15. The molecule has 1 saturated carbocycles. The Hall–Kier alpha value is -2.17. The van der Waals surface area contributed by atoms with E-state index in [1.165, 1.54) is 24.3 Å². The zero-order chi connectivity index (χ0) is 14.3. The molecule has 4 atom stereocenters. The third kappa shape index (κ3) is 2.09. The summed E-state index contributed by atoms with van der Waals surface area (Å²) in [4.78, 5) is 23.5. The summed E-state index contributed by atoms with van der Waals surface area (Å²) in [5.74, 6) is -3.47. The fourth-order valence-corrected chi connectivity index (χ4v) is 3.26. The number of aliphatic carboxylic acids is 1. The average molecular weight is 274 g/mol. The van der Waals surface area contributed by atoms with E-state index < -0.39 is 23.6 Å². The Morgan fingerprint density at radius 1 is 1.10 bits per heavy atom. The first-order valence-electron chi connectivity index (χ1n) is 6.52. The molecule has 0 aromatic heterocycles. The molecule has 2 aliphatic carbocycles. The molecule has 1 aromatic rings. The van der Waals surface area contributed by atoms with Crippen LogP contribution in [0, 0.1) is 29.5 Å². The van der Waals surface area contributed by atoms with Crippen LogP contribution in [0.4, 0.5) is 10.1 Å².